The first kappa shape index (κ1) is 18.1. The Kier molecular flexibility index (Phi) is 6.22. The largest absolute Gasteiger partial charge is 0.443 e. The maximum absolute atomic E-state index is 11.3. The molecule has 19 heavy (non-hydrogen) atoms. The summed E-state index contributed by atoms with van der Waals surface area (Å²) < 4.78 is 10.9. The first-order chi connectivity index (χ1) is 8.35. The van der Waals surface area contributed by atoms with Gasteiger partial charge in [0.05, 0.1) is 6.61 Å². The summed E-state index contributed by atoms with van der Waals surface area (Å²) in [6, 6.07) is 0. The summed E-state index contributed by atoms with van der Waals surface area (Å²) in [6.07, 6.45) is 0.987. The van der Waals surface area contributed by atoms with E-state index >= 15 is 0 Å². The summed E-state index contributed by atoms with van der Waals surface area (Å²) >= 11 is 0. The van der Waals surface area contributed by atoms with Gasteiger partial charge < -0.3 is 9.16 Å². The van der Waals surface area contributed by atoms with Crippen molar-refractivity contribution < 1.29 is 14.0 Å². The van der Waals surface area contributed by atoms with E-state index in [1.165, 1.54) is 0 Å². The quantitative estimate of drug-likeness (QED) is 0.489. The molecule has 0 aliphatic rings. The summed E-state index contributed by atoms with van der Waals surface area (Å²) in [5.74, 6) is 0. The lowest BCUT2D eigenvalue weighted by molar-refractivity contribution is 0.0529. The molecule has 0 bridgehead atoms. The molecule has 0 aliphatic heterocycles. The zero-order valence-corrected chi connectivity index (χ0v) is 14.5. The molecule has 0 rings (SSSR count). The first-order valence-corrected chi connectivity index (χ1v) is 9.40. The van der Waals surface area contributed by atoms with Gasteiger partial charge in [0.1, 0.15) is 5.60 Å². The van der Waals surface area contributed by atoms with Crippen LogP contribution in [0.3, 0.4) is 0 Å². The minimum atomic E-state index is -1.76. The normalized spacial score (nSPS) is 13.7. The molecule has 6 heteroatoms. The molecule has 0 radical (unpaired) electrons. The number of rotatable bonds is 4. The summed E-state index contributed by atoms with van der Waals surface area (Å²) in [7, 11) is -1.76. The Morgan fingerprint density at radius 2 is 1.74 bits per heavy atom. The number of hydrazone groups is 1. The fraction of sp³-hybridized carbons (Fsp3) is 0.846. The number of amides is 1. The molecule has 5 nitrogen and oxygen atoms in total. The van der Waals surface area contributed by atoms with Gasteiger partial charge in [0, 0.05) is 6.21 Å². The smallest absolute Gasteiger partial charge is 0.428 e. The van der Waals surface area contributed by atoms with E-state index in [0.717, 1.165) is 0 Å². The molecule has 0 aromatic rings. The van der Waals surface area contributed by atoms with Crippen molar-refractivity contribution in [2.75, 3.05) is 6.61 Å². The third-order valence-corrected chi connectivity index (χ3v) is 7.47. The Hall–Kier alpha value is -0.883. The predicted octanol–water partition coefficient (Wildman–Crippen LogP) is 3.52. The molecular weight excluding hydrogens is 260 g/mol. The van der Waals surface area contributed by atoms with Crippen LogP contribution in [-0.2, 0) is 9.16 Å². The molecule has 0 saturated carbocycles. The van der Waals surface area contributed by atoms with Gasteiger partial charge in [-0.2, -0.15) is 5.10 Å². The highest BCUT2D eigenvalue weighted by Crippen LogP contribution is 2.36. The van der Waals surface area contributed by atoms with Crippen molar-refractivity contribution in [2.45, 2.75) is 65.3 Å². The molecule has 0 heterocycles. The van der Waals surface area contributed by atoms with Crippen LogP contribution in [0.5, 0.6) is 0 Å². The number of hydrogen-bond donors (Lipinski definition) is 1. The van der Waals surface area contributed by atoms with Gasteiger partial charge in [-0.25, -0.2) is 10.2 Å². The molecule has 112 valence electrons. The van der Waals surface area contributed by atoms with Gasteiger partial charge in [-0.15, -0.1) is 0 Å². The Morgan fingerprint density at radius 3 is 2.16 bits per heavy atom. The van der Waals surface area contributed by atoms with E-state index in [9.17, 15) is 4.79 Å². The van der Waals surface area contributed by atoms with Gasteiger partial charge in [0.25, 0.3) is 0 Å². The SMILES string of the molecule is CC(C)(C)OC(=O)N/N=C\CO[Si](C)(C)C(C)(C)C. The molecule has 0 atom stereocenters. The van der Waals surface area contributed by atoms with Crippen LogP contribution in [0.4, 0.5) is 4.79 Å². The van der Waals surface area contributed by atoms with Crippen LogP contribution in [0, 0.1) is 0 Å². The van der Waals surface area contributed by atoms with Crippen molar-refractivity contribution in [3.63, 3.8) is 0 Å². The third-order valence-electron chi connectivity index (χ3n) is 2.97. The molecular formula is C13H28N2O3Si. The molecule has 0 spiro atoms. The molecule has 0 aromatic heterocycles. The van der Waals surface area contributed by atoms with Crippen molar-refractivity contribution in [1.82, 2.24) is 5.43 Å². The summed E-state index contributed by atoms with van der Waals surface area (Å²) in [5, 5.41) is 3.95. The van der Waals surface area contributed by atoms with E-state index in [1.807, 2.05) is 0 Å². The zero-order chi connectivity index (χ0) is 15.3. The van der Waals surface area contributed by atoms with Crippen molar-refractivity contribution in [3.8, 4) is 0 Å². The van der Waals surface area contributed by atoms with Crippen LogP contribution in [0.2, 0.25) is 18.1 Å². The molecule has 1 N–H and O–H groups in total. The molecule has 0 aliphatic carbocycles. The van der Waals surface area contributed by atoms with E-state index in [0.29, 0.717) is 6.61 Å². The lowest BCUT2D eigenvalue weighted by Gasteiger charge is -2.35. The minimum Gasteiger partial charge on any atom is -0.443 e. The van der Waals surface area contributed by atoms with E-state index in [-0.39, 0.29) is 5.04 Å². The van der Waals surface area contributed by atoms with Crippen LogP contribution in [0.25, 0.3) is 0 Å². The van der Waals surface area contributed by atoms with Crippen LogP contribution in [-0.4, -0.2) is 32.8 Å². The van der Waals surface area contributed by atoms with Gasteiger partial charge in [-0.3, -0.25) is 0 Å². The lowest BCUT2D eigenvalue weighted by Crippen LogP contribution is -2.41. The highest BCUT2D eigenvalue weighted by Gasteiger charge is 2.36. The van der Waals surface area contributed by atoms with Gasteiger partial charge in [0.2, 0.25) is 0 Å². The topological polar surface area (TPSA) is 59.9 Å². The maximum Gasteiger partial charge on any atom is 0.428 e. The second kappa shape index (κ2) is 6.52. The number of carbonyl (C=O) groups is 1. The minimum absolute atomic E-state index is 0.166. The van der Waals surface area contributed by atoms with Gasteiger partial charge in [0.15, 0.2) is 8.32 Å². The van der Waals surface area contributed by atoms with Crippen LogP contribution in [0.15, 0.2) is 5.10 Å². The highest BCUT2D eigenvalue weighted by atomic mass is 28.4. The fourth-order valence-electron chi connectivity index (χ4n) is 0.899. The van der Waals surface area contributed by atoms with Crippen molar-refractivity contribution in [1.29, 1.82) is 0 Å². The van der Waals surface area contributed by atoms with Crippen LogP contribution in [0.1, 0.15) is 41.5 Å². The zero-order valence-electron chi connectivity index (χ0n) is 13.5. The summed E-state index contributed by atoms with van der Waals surface area (Å²) in [4.78, 5) is 11.3. The van der Waals surface area contributed by atoms with E-state index in [1.54, 1.807) is 27.0 Å². The molecule has 0 aromatic carbocycles. The first-order valence-electron chi connectivity index (χ1n) is 6.50. The molecule has 0 fully saturated rings. The standard InChI is InChI=1S/C13H28N2O3Si/c1-12(2,3)18-11(16)15-14-9-10-17-19(7,8)13(4,5)6/h9H,10H2,1-8H3,(H,15,16)/b14-9-. The van der Waals surface area contributed by atoms with Crippen molar-refractivity contribution in [3.05, 3.63) is 0 Å². The average molecular weight is 288 g/mol. The molecule has 0 unspecified atom stereocenters. The van der Waals surface area contributed by atoms with Gasteiger partial charge in [-0.05, 0) is 38.9 Å². The summed E-state index contributed by atoms with van der Waals surface area (Å²) in [6.45, 7) is 16.7. The number of nitrogens with zero attached hydrogens (tertiary/aromatic N) is 1. The van der Waals surface area contributed by atoms with E-state index < -0.39 is 20.0 Å². The monoisotopic (exact) mass is 288 g/mol. The second-order valence-corrected chi connectivity index (χ2v) is 11.8. The Bertz CT molecular complexity index is 328. The molecule has 1 amide bonds. The second-order valence-electron chi connectivity index (χ2n) is 7.00. The molecule has 0 saturated heterocycles. The number of nitrogens with one attached hydrogen (secondary N) is 1. The lowest BCUT2D eigenvalue weighted by atomic mass is 10.2. The Labute approximate surface area is 117 Å². The highest BCUT2D eigenvalue weighted by molar-refractivity contribution is 6.74. The fourth-order valence-corrected chi connectivity index (χ4v) is 1.82. The van der Waals surface area contributed by atoms with Gasteiger partial charge >= 0.3 is 6.09 Å². The van der Waals surface area contributed by atoms with Crippen LogP contribution >= 0.6 is 0 Å². The van der Waals surface area contributed by atoms with Crippen LogP contribution < -0.4 is 5.43 Å². The third kappa shape index (κ3) is 8.00. The number of ether oxygens (including phenoxy) is 1. The maximum atomic E-state index is 11.3. The van der Waals surface area contributed by atoms with E-state index in [4.69, 9.17) is 9.16 Å². The van der Waals surface area contributed by atoms with Gasteiger partial charge in [-0.1, -0.05) is 20.8 Å². The number of carbonyl (C=O) groups excluding carboxylic acids is 1. The average Bonchev–Trinajstić information content (AvgIpc) is 2.11. The summed E-state index contributed by atoms with van der Waals surface area (Å²) in [5.41, 5.74) is 1.79. The predicted molar refractivity (Wildman–Crippen MR) is 81.0 cm³/mol. The Balaban J connectivity index is 4.04. The number of hydrogen-bond acceptors (Lipinski definition) is 4. The Morgan fingerprint density at radius 1 is 1.21 bits per heavy atom. The van der Waals surface area contributed by atoms with E-state index in [2.05, 4.69) is 44.4 Å². The van der Waals surface area contributed by atoms with Crippen molar-refractivity contribution in [2.24, 2.45) is 5.10 Å². The van der Waals surface area contributed by atoms with Crippen molar-refractivity contribution >= 4 is 20.6 Å².